The van der Waals surface area contributed by atoms with E-state index in [-0.39, 0.29) is 11.9 Å². The smallest absolute Gasteiger partial charge is 0.241 e. The third-order valence-corrected chi connectivity index (χ3v) is 3.67. The van der Waals surface area contributed by atoms with Crippen LogP contribution in [0.3, 0.4) is 0 Å². The SMILES string of the molecule is Cc1ccc(C#N)cc1NC(=O)C1Cc2nc[nH]c2CN1. The summed E-state index contributed by atoms with van der Waals surface area (Å²) in [6.45, 7) is 2.50. The average Bonchev–Trinajstić information content (AvgIpc) is 2.96. The summed E-state index contributed by atoms with van der Waals surface area (Å²) in [5.74, 6) is -0.109. The Hall–Kier alpha value is -2.65. The van der Waals surface area contributed by atoms with Crippen molar-refractivity contribution in [2.45, 2.75) is 25.9 Å². The van der Waals surface area contributed by atoms with Gasteiger partial charge in [0, 0.05) is 18.7 Å². The van der Waals surface area contributed by atoms with Gasteiger partial charge in [0.25, 0.3) is 0 Å². The van der Waals surface area contributed by atoms with E-state index in [4.69, 9.17) is 5.26 Å². The van der Waals surface area contributed by atoms with Crippen LogP contribution in [-0.4, -0.2) is 21.9 Å². The molecule has 1 aliphatic heterocycles. The highest BCUT2D eigenvalue weighted by molar-refractivity contribution is 5.96. The molecule has 1 amide bonds. The van der Waals surface area contributed by atoms with E-state index in [1.165, 1.54) is 0 Å². The molecule has 1 atom stereocenters. The Kier molecular flexibility index (Phi) is 3.42. The fourth-order valence-electron chi connectivity index (χ4n) is 2.40. The lowest BCUT2D eigenvalue weighted by atomic mass is 10.0. The molecule has 0 aliphatic carbocycles. The van der Waals surface area contributed by atoms with E-state index in [9.17, 15) is 4.79 Å². The first kappa shape index (κ1) is 13.3. The maximum atomic E-state index is 12.4. The third-order valence-electron chi connectivity index (χ3n) is 3.67. The zero-order valence-electron chi connectivity index (χ0n) is 11.6. The van der Waals surface area contributed by atoms with Crippen molar-refractivity contribution in [3.63, 3.8) is 0 Å². The van der Waals surface area contributed by atoms with Crippen LogP contribution >= 0.6 is 0 Å². The van der Waals surface area contributed by atoms with Gasteiger partial charge in [-0.15, -0.1) is 0 Å². The minimum absolute atomic E-state index is 0.109. The lowest BCUT2D eigenvalue weighted by molar-refractivity contribution is -0.118. The van der Waals surface area contributed by atoms with Crippen molar-refractivity contribution in [3.05, 3.63) is 47.0 Å². The Morgan fingerprint density at radius 2 is 2.38 bits per heavy atom. The molecule has 6 nitrogen and oxygen atoms in total. The number of hydrogen-bond acceptors (Lipinski definition) is 4. The van der Waals surface area contributed by atoms with Crippen molar-refractivity contribution in [1.29, 1.82) is 5.26 Å². The van der Waals surface area contributed by atoms with Crippen LogP contribution in [0.1, 0.15) is 22.5 Å². The van der Waals surface area contributed by atoms with Gasteiger partial charge in [0.15, 0.2) is 0 Å². The molecule has 2 heterocycles. The number of aryl methyl sites for hydroxylation is 1. The van der Waals surface area contributed by atoms with Crippen LogP contribution in [0.4, 0.5) is 5.69 Å². The van der Waals surface area contributed by atoms with E-state index in [1.807, 2.05) is 13.0 Å². The number of aromatic amines is 1. The van der Waals surface area contributed by atoms with Crippen LogP contribution < -0.4 is 10.6 Å². The first-order chi connectivity index (χ1) is 10.2. The Morgan fingerprint density at radius 1 is 1.52 bits per heavy atom. The van der Waals surface area contributed by atoms with E-state index in [0.29, 0.717) is 24.2 Å². The number of anilines is 1. The van der Waals surface area contributed by atoms with Gasteiger partial charge in [-0.3, -0.25) is 10.1 Å². The van der Waals surface area contributed by atoms with Gasteiger partial charge in [-0.1, -0.05) is 6.07 Å². The summed E-state index contributed by atoms with van der Waals surface area (Å²) in [7, 11) is 0. The highest BCUT2D eigenvalue weighted by atomic mass is 16.2. The Balaban J connectivity index is 1.74. The minimum Gasteiger partial charge on any atom is -0.347 e. The molecule has 106 valence electrons. The standard InChI is InChI=1S/C15H15N5O/c1-9-2-3-10(6-16)4-11(9)20-15(21)13-5-12-14(7-17-13)19-8-18-12/h2-4,8,13,17H,5,7H2,1H3,(H,18,19)(H,20,21). The summed E-state index contributed by atoms with van der Waals surface area (Å²) in [5.41, 5.74) is 4.09. The van der Waals surface area contributed by atoms with Crippen LogP contribution in [-0.2, 0) is 17.8 Å². The number of carbonyl (C=O) groups is 1. The molecule has 0 spiro atoms. The summed E-state index contributed by atoms with van der Waals surface area (Å²) in [6.07, 6.45) is 2.20. The second-order valence-electron chi connectivity index (χ2n) is 5.10. The quantitative estimate of drug-likeness (QED) is 0.772. The molecule has 3 rings (SSSR count). The molecule has 1 aromatic carbocycles. The molecule has 21 heavy (non-hydrogen) atoms. The lowest BCUT2D eigenvalue weighted by Crippen LogP contribution is -2.44. The fraction of sp³-hybridized carbons (Fsp3) is 0.267. The molecule has 0 saturated heterocycles. The summed E-state index contributed by atoms with van der Waals surface area (Å²) in [5, 5.41) is 15.0. The highest BCUT2D eigenvalue weighted by Gasteiger charge is 2.26. The summed E-state index contributed by atoms with van der Waals surface area (Å²) in [4.78, 5) is 19.6. The fourth-order valence-corrected chi connectivity index (χ4v) is 2.40. The normalized spacial score (nSPS) is 16.9. The predicted molar refractivity (Wildman–Crippen MR) is 77.4 cm³/mol. The number of amides is 1. The monoisotopic (exact) mass is 281 g/mol. The Bertz CT molecular complexity index is 728. The van der Waals surface area contributed by atoms with Crippen LogP contribution in [0.25, 0.3) is 0 Å². The van der Waals surface area contributed by atoms with Crippen LogP contribution in [0.5, 0.6) is 0 Å². The summed E-state index contributed by atoms with van der Waals surface area (Å²) in [6, 6.07) is 7.02. The van der Waals surface area contributed by atoms with E-state index in [0.717, 1.165) is 17.0 Å². The number of carbonyl (C=O) groups excluding carboxylic acids is 1. The van der Waals surface area contributed by atoms with E-state index in [2.05, 4.69) is 26.7 Å². The van der Waals surface area contributed by atoms with Gasteiger partial charge in [-0.05, 0) is 24.6 Å². The zero-order valence-corrected chi connectivity index (χ0v) is 11.6. The first-order valence-corrected chi connectivity index (χ1v) is 6.73. The maximum Gasteiger partial charge on any atom is 0.241 e. The number of rotatable bonds is 2. The predicted octanol–water partition coefficient (Wildman–Crippen LogP) is 1.24. The van der Waals surface area contributed by atoms with Crippen molar-refractivity contribution in [2.75, 3.05) is 5.32 Å². The number of nitrogens with one attached hydrogen (secondary N) is 3. The lowest BCUT2D eigenvalue weighted by Gasteiger charge is -2.22. The first-order valence-electron chi connectivity index (χ1n) is 6.73. The molecule has 0 bridgehead atoms. The number of fused-ring (bicyclic) bond motifs is 1. The molecule has 1 aromatic heterocycles. The molecule has 1 unspecified atom stereocenters. The molecule has 3 N–H and O–H groups in total. The highest BCUT2D eigenvalue weighted by Crippen LogP contribution is 2.18. The molecule has 2 aromatic rings. The van der Waals surface area contributed by atoms with Crippen LogP contribution in [0.15, 0.2) is 24.5 Å². The van der Waals surface area contributed by atoms with Crippen LogP contribution in [0.2, 0.25) is 0 Å². The van der Waals surface area contributed by atoms with Crippen molar-refractivity contribution in [3.8, 4) is 6.07 Å². The van der Waals surface area contributed by atoms with Crippen molar-refractivity contribution < 1.29 is 4.79 Å². The van der Waals surface area contributed by atoms with E-state index in [1.54, 1.807) is 18.5 Å². The molecule has 0 radical (unpaired) electrons. The van der Waals surface area contributed by atoms with Crippen LogP contribution in [0, 0.1) is 18.3 Å². The number of imidazole rings is 1. The van der Waals surface area contributed by atoms with Crippen molar-refractivity contribution in [1.82, 2.24) is 15.3 Å². The Morgan fingerprint density at radius 3 is 3.19 bits per heavy atom. The number of aromatic nitrogens is 2. The molecular formula is C15H15N5O. The zero-order chi connectivity index (χ0) is 14.8. The number of nitrogens with zero attached hydrogens (tertiary/aromatic N) is 2. The molecule has 6 heteroatoms. The third kappa shape index (κ3) is 2.64. The average molecular weight is 281 g/mol. The molecule has 0 fully saturated rings. The van der Waals surface area contributed by atoms with E-state index < -0.39 is 0 Å². The summed E-state index contributed by atoms with van der Waals surface area (Å²) >= 11 is 0. The number of hydrogen-bond donors (Lipinski definition) is 3. The van der Waals surface area contributed by atoms with Gasteiger partial charge < -0.3 is 10.3 Å². The van der Waals surface area contributed by atoms with Crippen molar-refractivity contribution >= 4 is 11.6 Å². The minimum atomic E-state index is -0.314. The van der Waals surface area contributed by atoms with Gasteiger partial charge in [-0.25, -0.2) is 4.98 Å². The maximum absolute atomic E-state index is 12.4. The molecule has 1 aliphatic rings. The van der Waals surface area contributed by atoms with Gasteiger partial charge >= 0.3 is 0 Å². The van der Waals surface area contributed by atoms with Gasteiger partial charge in [-0.2, -0.15) is 5.26 Å². The topological polar surface area (TPSA) is 93.6 Å². The molecule has 0 saturated carbocycles. The molecular weight excluding hydrogens is 266 g/mol. The largest absolute Gasteiger partial charge is 0.347 e. The van der Waals surface area contributed by atoms with E-state index >= 15 is 0 Å². The van der Waals surface area contributed by atoms with Gasteiger partial charge in [0.1, 0.15) is 0 Å². The van der Waals surface area contributed by atoms with Gasteiger partial charge in [0.2, 0.25) is 5.91 Å². The number of benzene rings is 1. The van der Waals surface area contributed by atoms with Gasteiger partial charge in [0.05, 0.1) is 35.4 Å². The second-order valence-corrected chi connectivity index (χ2v) is 5.10. The number of nitriles is 1. The number of H-pyrrole nitrogens is 1. The Labute approximate surface area is 122 Å². The van der Waals surface area contributed by atoms with Crippen molar-refractivity contribution in [2.24, 2.45) is 0 Å². The summed E-state index contributed by atoms with van der Waals surface area (Å²) < 4.78 is 0. The second kappa shape index (κ2) is 5.38.